The lowest BCUT2D eigenvalue weighted by molar-refractivity contribution is 0.117. The lowest BCUT2D eigenvalue weighted by atomic mass is 10.0. The first-order valence-electron chi connectivity index (χ1n) is 6.47. The van der Waals surface area contributed by atoms with Crippen molar-refractivity contribution in [1.82, 2.24) is 10.2 Å². The maximum absolute atomic E-state index is 11.9. The van der Waals surface area contributed by atoms with E-state index in [1.54, 1.807) is 0 Å². The lowest BCUT2D eigenvalue weighted by Crippen LogP contribution is -2.48. The predicted molar refractivity (Wildman–Crippen MR) is 68.3 cm³/mol. The number of carbonyl (C=O) groups is 1. The second-order valence-corrected chi connectivity index (χ2v) is 5.10. The summed E-state index contributed by atoms with van der Waals surface area (Å²) < 4.78 is 5.42. The van der Waals surface area contributed by atoms with Crippen molar-refractivity contribution in [3.8, 4) is 0 Å². The second-order valence-electron chi connectivity index (χ2n) is 5.10. The van der Waals surface area contributed by atoms with Gasteiger partial charge in [0, 0.05) is 13.1 Å². The van der Waals surface area contributed by atoms with E-state index in [2.05, 4.69) is 36.5 Å². The van der Waals surface area contributed by atoms with Gasteiger partial charge in [0.2, 0.25) is 0 Å². The number of ether oxygens (including phenoxy) is 1. The van der Waals surface area contributed by atoms with Crippen LogP contribution in [0.15, 0.2) is 24.3 Å². The number of piperidine rings is 1. The normalized spacial score (nSPS) is 26.9. The highest BCUT2D eigenvalue weighted by atomic mass is 16.6. The maximum Gasteiger partial charge on any atom is 0.410 e. The molecule has 1 N–H and O–H groups in total. The molecule has 2 atom stereocenters. The van der Waals surface area contributed by atoms with Crippen LogP contribution in [0.1, 0.15) is 17.5 Å². The van der Waals surface area contributed by atoms with Crippen LogP contribution in [0, 0.1) is 6.92 Å². The number of fused-ring (bicyclic) bond motifs is 1. The van der Waals surface area contributed by atoms with Gasteiger partial charge in [0.1, 0.15) is 6.10 Å². The van der Waals surface area contributed by atoms with E-state index in [0.717, 1.165) is 25.1 Å². The number of aryl methyl sites for hydroxylation is 1. The Labute approximate surface area is 107 Å². The van der Waals surface area contributed by atoms with Crippen molar-refractivity contribution < 1.29 is 9.53 Å². The van der Waals surface area contributed by atoms with E-state index in [0.29, 0.717) is 6.54 Å². The molecule has 2 heterocycles. The summed E-state index contributed by atoms with van der Waals surface area (Å²) >= 11 is 0. The Morgan fingerprint density at radius 1 is 1.39 bits per heavy atom. The molecule has 0 spiro atoms. The van der Waals surface area contributed by atoms with E-state index >= 15 is 0 Å². The fourth-order valence-corrected chi connectivity index (χ4v) is 2.67. The summed E-state index contributed by atoms with van der Waals surface area (Å²) in [5.74, 6) is 0. The molecule has 2 saturated heterocycles. The SMILES string of the molecule is Cc1ccc(CN2C(=O)OC3CCNCC32)cc1. The number of benzene rings is 1. The zero-order valence-corrected chi connectivity index (χ0v) is 10.6. The standard InChI is InChI=1S/C14H18N2O2/c1-10-2-4-11(5-3-10)9-16-12-8-15-7-6-13(12)18-14(16)17/h2-5,12-13,15H,6-9H2,1H3. The smallest absolute Gasteiger partial charge is 0.410 e. The molecule has 0 aromatic heterocycles. The summed E-state index contributed by atoms with van der Waals surface area (Å²) in [5, 5.41) is 3.33. The van der Waals surface area contributed by atoms with Gasteiger partial charge in [-0.1, -0.05) is 29.8 Å². The Morgan fingerprint density at radius 3 is 2.94 bits per heavy atom. The van der Waals surface area contributed by atoms with E-state index in [1.807, 2.05) is 4.90 Å². The predicted octanol–water partition coefficient (Wildman–Crippen LogP) is 1.68. The number of rotatable bonds is 2. The number of amides is 1. The van der Waals surface area contributed by atoms with Crippen LogP contribution in [0.2, 0.25) is 0 Å². The number of hydrogen-bond acceptors (Lipinski definition) is 3. The third-order valence-electron chi connectivity index (χ3n) is 3.75. The van der Waals surface area contributed by atoms with E-state index in [4.69, 9.17) is 4.74 Å². The Kier molecular flexibility index (Phi) is 2.96. The van der Waals surface area contributed by atoms with Crippen molar-refractivity contribution in [2.24, 2.45) is 0 Å². The minimum Gasteiger partial charge on any atom is -0.444 e. The average Bonchev–Trinajstić information content (AvgIpc) is 2.69. The van der Waals surface area contributed by atoms with Crippen molar-refractivity contribution in [2.75, 3.05) is 13.1 Å². The molecule has 2 unspecified atom stereocenters. The molecule has 1 aromatic rings. The Morgan fingerprint density at radius 2 is 2.17 bits per heavy atom. The Hall–Kier alpha value is -1.55. The van der Waals surface area contributed by atoms with Crippen LogP contribution in [0.3, 0.4) is 0 Å². The van der Waals surface area contributed by atoms with Crippen molar-refractivity contribution in [3.05, 3.63) is 35.4 Å². The lowest BCUT2D eigenvalue weighted by Gasteiger charge is -2.28. The Bertz CT molecular complexity index is 444. The largest absolute Gasteiger partial charge is 0.444 e. The van der Waals surface area contributed by atoms with Crippen LogP contribution < -0.4 is 5.32 Å². The van der Waals surface area contributed by atoms with E-state index in [9.17, 15) is 4.79 Å². The van der Waals surface area contributed by atoms with Gasteiger partial charge in [0.25, 0.3) is 0 Å². The summed E-state index contributed by atoms with van der Waals surface area (Å²) in [4.78, 5) is 13.7. The molecule has 0 radical (unpaired) electrons. The van der Waals surface area contributed by atoms with Crippen molar-refractivity contribution in [1.29, 1.82) is 0 Å². The van der Waals surface area contributed by atoms with E-state index in [-0.39, 0.29) is 18.2 Å². The molecule has 0 bridgehead atoms. The molecule has 4 heteroatoms. The molecule has 0 saturated carbocycles. The fraction of sp³-hybridized carbons (Fsp3) is 0.500. The topological polar surface area (TPSA) is 41.6 Å². The summed E-state index contributed by atoms with van der Waals surface area (Å²) in [6.45, 7) is 4.48. The second kappa shape index (κ2) is 4.61. The molecule has 4 nitrogen and oxygen atoms in total. The van der Waals surface area contributed by atoms with Gasteiger partial charge < -0.3 is 10.1 Å². The Balaban J connectivity index is 1.75. The van der Waals surface area contributed by atoms with Crippen molar-refractivity contribution >= 4 is 6.09 Å². The van der Waals surface area contributed by atoms with Crippen LogP contribution in [0.25, 0.3) is 0 Å². The van der Waals surface area contributed by atoms with Gasteiger partial charge in [-0.05, 0) is 25.5 Å². The van der Waals surface area contributed by atoms with Crippen LogP contribution in [0.5, 0.6) is 0 Å². The minimum absolute atomic E-state index is 0.0733. The van der Waals surface area contributed by atoms with Crippen LogP contribution >= 0.6 is 0 Å². The van der Waals surface area contributed by atoms with E-state index < -0.39 is 0 Å². The number of nitrogens with one attached hydrogen (secondary N) is 1. The fourth-order valence-electron chi connectivity index (χ4n) is 2.67. The molecule has 18 heavy (non-hydrogen) atoms. The summed E-state index contributed by atoms with van der Waals surface area (Å²) in [7, 11) is 0. The number of nitrogens with zero attached hydrogens (tertiary/aromatic N) is 1. The molecule has 1 aromatic carbocycles. The first-order valence-corrected chi connectivity index (χ1v) is 6.47. The highest BCUT2D eigenvalue weighted by molar-refractivity contribution is 5.71. The molecule has 0 aliphatic carbocycles. The summed E-state index contributed by atoms with van der Waals surface area (Å²) in [6, 6.07) is 8.49. The quantitative estimate of drug-likeness (QED) is 0.863. The highest BCUT2D eigenvalue weighted by Crippen LogP contribution is 2.25. The van der Waals surface area contributed by atoms with Crippen molar-refractivity contribution in [3.63, 3.8) is 0 Å². The molecule has 2 fully saturated rings. The van der Waals surface area contributed by atoms with Crippen molar-refractivity contribution in [2.45, 2.75) is 32.0 Å². The van der Waals surface area contributed by atoms with Gasteiger partial charge >= 0.3 is 6.09 Å². The molecular weight excluding hydrogens is 228 g/mol. The zero-order chi connectivity index (χ0) is 12.5. The third kappa shape index (κ3) is 2.08. The van der Waals surface area contributed by atoms with Gasteiger partial charge in [0.15, 0.2) is 0 Å². The van der Waals surface area contributed by atoms with Gasteiger partial charge in [0.05, 0.1) is 6.04 Å². The molecule has 1 amide bonds. The summed E-state index contributed by atoms with van der Waals surface area (Å²) in [6.07, 6.45) is 0.819. The first-order chi connectivity index (χ1) is 8.74. The van der Waals surface area contributed by atoms with Crippen LogP contribution in [-0.4, -0.2) is 36.2 Å². The molecule has 2 aliphatic rings. The number of hydrogen-bond donors (Lipinski definition) is 1. The molecule has 96 valence electrons. The van der Waals surface area contributed by atoms with Gasteiger partial charge in [-0.3, -0.25) is 4.90 Å². The third-order valence-corrected chi connectivity index (χ3v) is 3.75. The summed E-state index contributed by atoms with van der Waals surface area (Å²) in [5.41, 5.74) is 2.39. The average molecular weight is 246 g/mol. The van der Waals surface area contributed by atoms with Gasteiger partial charge in [-0.2, -0.15) is 0 Å². The van der Waals surface area contributed by atoms with E-state index in [1.165, 1.54) is 5.56 Å². The molecular formula is C14H18N2O2. The highest BCUT2D eigenvalue weighted by Gasteiger charge is 2.42. The minimum atomic E-state index is -0.172. The zero-order valence-electron chi connectivity index (χ0n) is 10.6. The monoisotopic (exact) mass is 246 g/mol. The maximum atomic E-state index is 11.9. The van der Waals surface area contributed by atoms with Crippen LogP contribution in [-0.2, 0) is 11.3 Å². The number of carbonyl (C=O) groups excluding carboxylic acids is 1. The molecule has 2 aliphatic heterocycles. The molecule has 3 rings (SSSR count). The van der Waals surface area contributed by atoms with Gasteiger partial charge in [-0.15, -0.1) is 0 Å². The first kappa shape index (κ1) is 11.5. The van der Waals surface area contributed by atoms with Gasteiger partial charge in [-0.25, -0.2) is 4.79 Å². The van der Waals surface area contributed by atoms with Crippen LogP contribution in [0.4, 0.5) is 4.79 Å².